The summed E-state index contributed by atoms with van der Waals surface area (Å²) in [7, 11) is 0. The van der Waals surface area contributed by atoms with E-state index in [0.29, 0.717) is 29.0 Å². The number of hydrogen-bond donors (Lipinski definition) is 2. The van der Waals surface area contributed by atoms with Crippen molar-refractivity contribution in [1.82, 2.24) is 5.32 Å². The predicted molar refractivity (Wildman–Crippen MR) is 185 cm³/mol. The molecule has 0 radical (unpaired) electrons. The van der Waals surface area contributed by atoms with Gasteiger partial charge < -0.3 is 15.3 Å². The Morgan fingerprint density at radius 2 is 1.39 bits per heavy atom. The van der Waals surface area contributed by atoms with E-state index in [9.17, 15) is 19.5 Å². The molecule has 4 rings (SSSR count). The highest BCUT2D eigenvalue weighted by Gasteiger charge is 2.32. The number of halogens is 1. The van der Waals surface area contributed by atoms with Crippen molar-refractivity contribution in [1.29, 1.82) is 0 Å². The van der Waals surface area contributed by atoms with Gasteiger partial charge in [0, 0.05) is 18.0 Å². The number of aliphatic carboxylic acids is 1. The van der Waals surface area contributed by atoms with Crippen LogP contribution in [0.15, 0.2) is 103 Å². The van der Waals surface area contributed by atoms with Crippen LogP contribution in [-0.4, -0.2) is 28.9 Å². The van der Waals surface area contributed by atoms with Crippen LogP contribution < -0.4 is 10.2 Å². The van der Waals surface area contributed by atoms with Gasteiger partial charge in [-0.25, -0.2) is 4.79 Å². The zero-order valence-electron chi connectivity index (χ0n) is 26.9. The predicted octanol–water partition coefficient (Wildman–Crippen LogP) is 8.33. The fraction of sp³-hybridized carbons (Fsp3) is 0.308. The summed E-state index contributed by atoms with van der Waals surface area (Å²) in [6.45, 7) is 8.19. The number of carboxylic acid groups (broad SMARTS) is 1. The molecule has 46 heavy (non-hydrogen) atoms. The van der Waals surface area contributed by atoms with E-state index in [1.54, 1.807) is 12.1 Å². The molecule has 7 heteroatoms. The van der Waals surface area contributed by atoms with Crippen molar-refractivity contribution in [3.8, 4) is 0 Å². The molecule has 240 valence electrons. The molecule has 0 spiro atoms. The average Bonchev–Trinajstić information content (AvgIpc) is 3.05. The molecular weight excluding hydrogens is 596 g/mol. The molecule has 0 aliphatic heterocycles. The molecule has 0 aliphatic carbocycles. The lowest BCUT2D eigenvalue weighted by Gasteiger charge is -2.34. The normalized spacial score (nSPS) is 13.1. The zero-order chi connectivity index (χ0) is 33.2. The summed E-state index contributed by atoms with van der Waals surface area (Å²) in [6.07, 6.45) is 2.17. The summed E-state index contributed by atoms with van der Waals surface area (Å²) in [5.41, 5.74) is 4.65. The number of rotatable bonds is 14. The van der Waals surface area contributed by atoms with Crippen LogP contribution in [0.2, 0.25) is 5.02 Å². The van der Waals surface area contributed by atoms with E-state index in [0.717, 1.165) is 28.8 Å². The van der Waals surface area contributed by atoms with Crippen molar-refractivity contribution in [3.63, 3.8) is 0 Å². The van der Waals surface area contributed by atoms with Gasteiger partial charge in [-0.15, -0.1) is 0 Å². The molecule has 3 atom stereocenters. The molecule has 0 aliphatic rings. The van der Waals surface area contributed by atoms with Gasteiger partial charge in [0.05, 0.1) is 16.6 Å². The Balaban J connectivity index is 1.60. The minimum atomic E-state index is -1.17. The number of anilines is 1. The van der Waals surface area contributed by atoms with Gasteiger partial charge in [0.2, 0.25) is 5.91 Å². The van der Waals surface area contributed by atoms with Gasteiger partial charge in [-0.2, -0.15) is 0 Å². The molecule has 3 unspecified atom stereocenters. The van der Waals surface area contributed by atoms with E-state index < -0.39 is 17.9 Å². The van der Waals surface area contributed by atoms with Crippen LogP contribution in [0.1, 0.15) is 72.8 Å². The average molecular weight is 639 g/mol. The summed E-state index contributed by atoms with van der Waals surface area (Å²) in [4.78, 5) is 41.8. The summed E-state index contributed by atoms with van der Waals surface area (Å²) in [5.74, 6) is -1.77. The quantitative estimate of drug-likeness (QED) is 0.145. The van der Waals surface area contributed by atoms with Crippen LogP contribution >= 0.6 is 11.6 Å². The molecule has 0 bridgehead atoms. The third-order valence-corrected chi connectivity index (χ3v) is 8.75. The number of hydrogen-bond acceptors (Lipinski definition) is 3. The van der Waals surface area contributed by atoms with E-state index in [4.69, 9.17) is 11.6 Å². The highest BCUT2D eigenvalue weighted by Crippen LogP contribution is 2.32. The Bertz CT molecular complexity index is 1610. The van der Waals surface area contributed by atoms with Crippen molar-refractivity contribution in [2.75, 3.05) is 4.90 Å². The number of nitrogens with one attached hydrogen (secondary N) is 1. The van der Waals surface area contributed by atoms with E-state index in [-0.39, 0.29) is 30.2 Å². The first-order valence-corrected chi connectivity index (χ1v) is 16.3. The maximum Gasteiger partial charge on any atom is 0.326 e. The van der Waals surface area contributed by atoms with E-state index in [2.05, 4.69) is 31.3 Å². The first-order chi connectivity index (χ1) is 22.1. The summed E-state index contributed by atoms with van der Waals surface area (Å²) in [5, 5.41) is 13.0. The monoisotopic (exact) mass is 638 g/mol. The second-order valence-corrected chi connectivity index (χ2v) is 12.5. The fourth-order valence-electron chi connectivity index (χ4n) is 5.84. The Labute approximate surface area is 277 Å². The third-order valence-electron chi connectivity index (χ3n) is 8.43. The molecule has 2 amide bonds. The van der Waals surface area contributed by atoms with Crippen molar-refractivity contribution < 1.29 is 19.5 Å². The van der Waals surface area contributed by atoms with Crippen LogP contribution in [0.25, 0.3) is 0 Å². The van der Waals surface area contributed by atoms with Crippen molar-refractivity contribution in [2.45, 2.75) is 65.5 Å². The lowest BCUT2D eigenvalue weighted by atomic mass is 9.87. The second kappa shape index (κ2) is 16.2. The van der Waals surface area contributed by atoms with Gasteiger partial charge in [-0.1, -0.05) is 124 Å². The fourth-order valence-corrected chi connectivity index (χ4v) is 6.12. The molecular formula is C39H43ClN2O4. The van der Waals surface area contributed by atoms with Crippen LogP contribution in [0.4, 0.5) is 5.69 Å². The Morgan fingerprint density at radius 1 is 0.783 bits per heavy atom. The highest BCUT2D eigenvalue weighted by atomic mass is 35.5. The molecule has 0 fully saturated rings. The summed E-state index contributed by atoms with van der Waals surface area (Å²) < 4.78 is 0. The number of amides is 2. The molecule has 0 saturated heterocycles. The van der Waals surface area contributed by atoms with Gasteiger partial charge >= 0.3 is 5.97 Å². The Morgan fingerprint density at radius 3 is 1.98 bits per heavy atom. The third kappa shape index (κ3) is 8.64. The van der Waals surface area contributed by atoms with Crippen LogP contribution in [0, 0.1) is 11.8 Å². The Hall–Kier alpha value is -4.42. The van der Waals surface area contributed by atoms with Crippen molar-refractivity contribution in [3.05, 3.63) is 136 Å². The van der Waals surface area contributed by atoms with Crippen LogP contribution in [0.5, 0.6) is 0 Å². The number of carboxylic acids is 1. The van der Waals surface area contributed by atoms with Crippen LogP contribution in [-0.2, 0) is 28.9 Å². The topological polar surface area (TPSA) is 86.7 Å². The molecule has 2 N–H and O–H groups in total. The largest absolute Gasteiger partial charge is 0.480 e. The molecule has 0 saturated carbocycles. The van der Waals surface area contributed by atoms with E-state index in [1.807, 2.05) is 97.6 Å². The van der Waals surface area contributed by atoms with Gasteiger partial charge in [0.25, 0.3) is 5.91 Å². The number of nitrogens with zero attached hydrogens (tertiary/aromatic N) is 1. The molecule has 4 aromatic rings. The lowest BCUT2D eigenvalue weighted by Crippen LogP contribution is -2.42. The van der Waals surface area contributed by atoms with Crippen LogP contribution in [0.3, 0.4) is 0 Å². The standard InChI is InChI=1S/C39H43ClN2O4/c1-5-13-31-18-12-19-34(40)36(31)37(43)41-35(39(45)46)25-29-20-22-32(23-21-29)42(27(4)30-16-10-7-11-17-30)38(44)33(26(2)3)24-28-14-8-6-9-15-28/h6-12,14-23,26-27,33,35H,5,13,24-25H2,1-4H3,(H,41,43)(H,45,46). The minimum absolute atomic E-state index is 0.0289. The summed E-state index contributed by atoms with van der Waals surface area (Å²) in [6, 6.07) is 31.2. The SMILES string of the molecule is CCCc1cccc(Cl)c1C(=O)NC(Cc1ccc(N(C(=O)C(Cc2ccccc2)C(C)C)C(C)c2ccccc2)cc1)C(=O)O. The number of carbonyl (C=O) groups is 3. The second-order valence-electron chi connectivity index (χ2n) is 12.1. The van der Waals surface area contributed by atoms with Gasteiger partial charge in [-0.3, -0.25) is 9.59 Å². The molecule has 0 aromatic heterocycles. The maximum absolute atomic E-state index is 14.4. The minimum Gasteiger partial charge on any atom is -0.480 e. The first-order valence-electron chi connectivity index (χ1n) is 15.9. The van der Waals surface area contributed by atoms with Crippen molar-refractivity contribution >= 4 is 35.1 Å². The zero-order valence-corrected chi connectivity index (χ0v) is 27.7. The number of carbonyl (C=O) groups excluding carboxylic acids is 2. The van der Waals surface area contributed by atoms with E-state index >= 15 is 0 Å². The number of aryl methyl sites for hydroxylation is 1. The highest BCUT2D eigenvalue weighted by molar-refractivity contribution is 6.34. The first kappa shape index (κ1) is 34.5. The lowest BCUT2D eigenvalue weighted by molar-refractivity contribution is -0.139. The molecule has 6 nitrogen and oxygen atoms in total. The Kier molecular flexibility index (Phi) is 12.2. The molecule has 4 aromatic carbocycles. The van der Waals surface area contributed by atoms with Gasteiger partial charge in [-0.05, 0) is 66.1 Å². The maximum atomic E-state index is 14.4. The number of benzene rings is 4. The van der Waals surface area contributed by atoms with Crippen molar-refractivity contribution in [2.24, 2.45) is 11.8 Å². The molecule has 0 heterocycles. The van der Waals surface area contributed by atoms with Gasteiger partial charge in [0.15, 0.2) is 0 Å². The summed E-state index contributed by atoms with van der Waals surface area (Å²) >= 11 is 6.37. The van der Waals surface area contributed by atoms with E-state index in [1.165, 1.54) is 0 Å². The van der Waals surface area contributed by atoms with Gasteiger partial charge in [0.1, 0.15) is 6.04 Å². The smallest absolute Gasteiger partial charge is 0.326 e.